The first-order valence-electron chi connectivity index (χ1n) is 7.65. The average molecular weight is 282 g/mol. The minimum Gasteiger partial charge on any atom is -0.480 e. The fourth-order valence-electron chi connectivity index (χ4n) is 3.55. The molecule has 5 heteroatoms. The molecule has 2 saturated carbocycles. The Morgan fingerprint density at radius 1 is 1.10 bits per heavy atom. The summed E-state index contributed by atoms with van der Waals surface area (Å²) in [6.45, 7) is 4.40. The van der Waals surface area contributed by atoms with E-state index in [4.69, 9.17) is 0 Å². The van der Waals surface area contributed by atoms with E-state index in [0.29, 0.717) is 12.8 Å². The van der Waals surface area contributed by atoms with Gasteiger partial charge in [0, 0.05) is 6.04 Å². The molecule has 0 radical (unpaired) electrons. The Hall–Kier alpha value is -1.26. The van der Waals surface area contributed by atoms with Crippen molar-refractivity contribution in [2.24, 2.45) is 5.41 Å². The van der Waals surface area contributed by atoms with Crippen LogP contribution in [0.1, 0.15) is 65.2 Å². The predicted molar refractivity (Wildman–Crippen MR) is 76.5 cm³/mol. The molecule has 2 aliphatic carbocycles. The van der Waals surface area contributed by atoms with Gasteiger partial charge in [-0.15, -0.1) is 0 Å². The molecular formula is C15H26N2O3. The highest BCUT2D eigenvalue weighted by molar-refractivity contribution is 5.86. The molecule has 0 spiro atoms. The van der Waals surface area contributed by atoms with Gasteiger partial charge in [0.15, 0.2) is 0 Å². The van der Waals surface area contributed by atoms with Crippen molar-refractivity contribution in [3.63, 3.8) is 0 Å². The fraction of sp³-hybridized carbons (Fsp3) is 0.867. The molecule has 2 amide bonds. The highest BCUT2D eigenvalue weighted by Crippen LogP contribution is 2.37. The van der Waals surface area contributed by atoms with Gasteiger partial charge < -0.3 is 15.7 Å². The molecule has 0 aromatic rings. The number of nitrogens with one attached hydrogen (secondary N) is 2. The third-order valence-corrected chi connectivity index (χ3v) is 4.77. The lowest BCUT2D eigenvalue weighted by atomic mass is 9.82. The molecule has 2 rings (SSSR count). The molecule has 1 unspecified atom stereocenters. The summed E-state index contributed by atoms with van der Waals surface area (Å²) < 4.78 is 0. The zero-order chi connectivity index (χ0) is 14.8. The molecule has 1 atom stereocenters. The largest absolute Gasteiger partial charge is 0.480 e. The molecule has 0 aromatic heterocycles. The lowest BCUT2D eigenvalue weighted by molar-refractivity contribution is -0.145. The fourth-order valence-corrected chi connectivity index (χ4v) is 3.55. The van der Waals surface area contributed by atoms with E-state index < -0.39 is 11.5 Å². The van der Waals surface area contributed by atoms with Crippen LogP contribution in [0, 0.1) is 5.41 Å². The van der Waals surface area contributed by atoms with Crippen molar-refractivity contribution < 1.29 is 14.7 Å². The minimum atomic E-state index is -1.06. The lowest BCUT2D eigenvalue weighted by Gasteiger charge is -2.34. The number of amides is 2. The third kappa shape index (κ3) is 3.44. The number of hydrogen-bond donors (Lipinski definition) is 3. The number of carboxylic acids is 1. The zero-order valence-corrected chi connectivity index (χ0v) is 12.5. The van der Waals surface area contributed by atoms with E-state index in [1.54, 1.807) is 0 Å². The quantitative estimate of drug-likeness (QED) is 0.744. The number of rotatable bonds is 3. The molecule has 0 heterocycles. The van der Waals surface area contributed by atoms with Crippen LogP contribution in [0.4, 0.5) is 4.79 Å². The van der Waals surface area contributed by atoms with Crippen molar-refractivity contribution in [1.82, 2.24) is 10.6 Å². The van der Waals surface area contributed by atoms with Crippen molar-refractivity contribution in [2.45, 2.75) is 76.8 Å². The molecular weight excluding hydrogens is 256 g/mol. The monoisotopic (exact) mass is 282 g/mol. The van der Waals surface area contributed by atoms with E-state index in [2.05, 4.69) is 24.5 Å². The third-order valence-electron chi connectivity index (χ3n) is 4.77. The van der Waals surface area contributed by atoms with Gasteiger partial charge >= 0.3 is 12.0 Å². The topological polar surface area (TPSA) is 78.4 Å². The van der Waals surface area contributed by atoms with Crippen molar-refractivity contribution >= 4 is 12.0 Å². The molecule has 2 fully saturated rings. The average Bonchev–Trinajstić information content (AvgIpc) is 2.69. The molecule has 5 nitrogen and oxygen atoms in total. The summed E-state index contributed by atoms with van der Waals surface area (Å²) in [5.74, 6) is -0.904. The highest BCUT2D eigenvalue weighted by Gasteiger charge is 2.41. The van der Waals surface area contributed by atoms with Crippen molar-refractivity contribution in [2.75, 3.05) is 0 Å². The molecule has 3 N–H and O–H groups in total. The Labute approximate surface area is 120 Å². The van der Waals surface area contributed by atoms with Crippen LogP contribution in [0.3, 0.4) is 0 Å². The maximum Gasteiger partial charge on any atom is 0.329 e. The van der Waals surface area contributed by atoms with Gasteiger partial charge in [-0.25, -0.2) is 9.59 Å². The Morgan fingerprint density at radius 3 is 2.25 bits per heavy atom. The molecule has 0 bridgehead atoms. The lowest BCUT2D eigenvalue weighted by Crippen LogP contribution is -2.59. The number of carbonyl (C=O) groups is 2. The second kappa shape index (κ2) is 5.62. The van der Waals surface area contributed by atoms with Crippen molar-refractivity contribution in [3.8, 4) is 0 Å². The summed E-state index contributed by atoms with van der Waals surface area (Å²) >= 11 is 0. The first-order chi connectivity index (χ1) is 9.33. The minimum absolute atomic E-state index is 0.166. The van der Waals surface area contributed by atoms with E-state index in [-0.39, 0.29) is 17.5 Å². The number of carboxylic acid groups (broad SMARTS) is 1. The highest BCUT2D eigenvalue weighted by atomic mass is 16.4. The van der Waals surface area contributed by atoms with Gasteiger partial charge in [0.05, 0.1) is 0 Å². The summed E-state index contributed by atoms with van der Waals surface area (Å²) in [5, 5.41) is 15.1. The first kappa shape index (κ1) is 15.1. The molecule has 2 aliphatic rings. The second-order valence-electron chi connectivity index (χ2n) is 7.15. The predicted octanol–water partition coefficient (Wildman–Crippen LogP) is 2.65. The van der Waals surface area contributed by atoms with E-state index >= 15 is 0 Å². The van der Waals surface area contributed by atoms with Crippen molar-refractivity contribution in [3.05, 3.63) is 0 Å². The van der Waals surface area contributed by atoms with Crippen LogP contribution < -0.4 is 10.6 Å². The summed E-state index contributed by atoms with van der Waals surface area (Å²) in [4.78, 5) is 23.6. The SMILES string of the molecule is CC1(C)CCC(NC(=O)NC2(C(=O)O)CCCCC2)C1. The van der Waals surface area contributed by atoms with Crippen LogP contribution >= 0.6 is 0 Å². The van der Waals surface area contributed by atoms with Crippen molar-refractivity contribution in [1.29, 1.82) is 0 Å². The molecule has 0 aliphatic heterocycles. The van der Waals surface area contributed by atoms with Gasteiger partial charge in [0.1, 0.15) is 5.54 Å². The molecule has 20 heavy (non-hydrogen) atoms. The van der Waals surface area contributed by atoms with Gasteiger partial charge in [-0.3, -0.25) is 0 Å². The maximum atomic E-state index is 12.1. The maximum absolute atomic E-state index is 12.1. The number of aliphatic carboxylic acids is 1. The normalized spacial score (nSPS) is 27.8. The molecule has 0 aromatic carbocycles. The van der Waals surface area contributed by atoms with Crippen LogP contribution in [0.5, 0.6) is 0 Å². The number of carbonyl (C=O) groups excluding carboxylic acids is 1. The van der Waals surface area contributed by atoms with Gasteiger partial charge in [0.25, 0.3) is 0 Å². The molecule has 0 saturated heterocycles. The second-order valence-corrected chi connectivity index (χ2v) is 7.15. The Balaban J connectivity index is 1.91. The van der Waals surface area contributed by atoms with Crippen LogP contribution in [-0.2, 0) is 4.79 Å². The summed E-state index contributed by atoms with van der Waals surface area (Å²) in [5.41, 5.74) is -0.788. The summed E-state index contributed by atoms with van der Waals surface area (Å²) in [7, 11) is 0. The van der Waals surface area contributed by atoms with E-state index in [0.717, 1.165) is 38.5 Å². The van der Waals surface area contributed by atoms with Gasteiger partial charge in [-0.2, -0.15) is 0 Å². The van der Waals surface area contributed by atoms with Crippen LogP contribution in [0.2, 0.25) is 0 Å². The number of urea groups is 1. The Bertz CT molecular complexity index is 387. The van der Waals surface area contributed by atoms with Gasteiger partial charge in [0.2, 0.25) is 0 Å². The van der Waals surface area contributed by atoms with Crippen LogP contribution in [0.15, 0.2) is 0 Å². The van der Waals surface area contributed by atoms with Crippen LogP contribution in [0.25, 0.3) is 0 Å². The number of hydrogen-bond acceptors (Lipinski definition) is 2. The smallest absolute Gasteiger partial charge is 0.329 e. The first-order valence-corrected chi connectivity index (χ1v) is 7.65. The van der Waals surface area contributed by atoms with E-state index in [1.807, 2.05) is 0 Å². The Morgan fingerprint density at radius 2 is 1.75 bits per heavy atom. The Kier molecular flexibility index (Phi) is 4.25. The molecule has 114 valence electrons. The zero-order valence-electron chi connectivity index (χ0n) is 12.5. The van der Waals surface area contributed by atoms with E-state index in [1.165, 1.54) is 0 Å². The standard InChI is InChI=1S/C15H26N2O3/c1-14(2)9-6-11(10-14)16-13(20)17-15(12(18)19)7-4-3-5-8-15/h11H,3-10H2,1-2H3,(H,18,19)(H2,16,17,20). The summed E-state index contributed by atoms with van der Waals surface area (Å²) in [6, 6.07) is -0.156. The van der Waals surface area contributed by atoms with Crippen LogP contribution in [-0.4, -0.2) is 28.7 Å². The van der Waals surface area contributed by atoms with Gasteiger partial charge in [-0.1, -0.05) is 33.1 Å². The summed E-state index contributed by atoms with van der Waals surface area (Å²) in [6.07, 6.45) is 6.88. The van der Waals surface area contributed by atoms with Gasteiger partial charge in [-0.05, 0) is 37.5 Å². The van der Waals surface area contributed by atoms with E-state index in [9.17, 15) is 14.7 Å².